The Morgan fingerprint density at radius 1 is 1.00 bits per heavy atom. The van der Waals surface area contributed by atoms with E-state index in [-0.39, 0.29) is 6.61 Å². The molecule has 0 atom stereocenters. The van der Waals surface area contributed by atoms with Crippen LogP contribution in [0, 0.1) is 0 Å². The van der Waals surface area contributed by atoms with E-state index in [2.05, 4.69) is 0 Å². The van der Waals surface area contributed by atoms with Gasteiger partial charge in [-0.05, 0) is 31.0 Å². The Bertz CT molecular complexity index is 367. The fourth-order valence-corrected chi connectivity index (χ4v) is 1.66. The molecule has 1 aromatic rings. The van der Waals surface area contributed by atoms with Crippen LogP contribution in [0.15, 0.2) is 18.2 Å². The van der Waals surface area contributed by atoms with Crippen LogP contribution < -0.4 is 9.47 Å². The number of ether oxygens (including phenoxy) is 4. The lowest BCUT2D eigenvalue weighted by Gasteiger charge is -2.13. The largest absolute Gasteiger partial charge is 0.490 e. The molecule has 0 heterocycles. The van der Waals surface area contributed by atoms with Crippen LogP contribution in [0.4, 0.5) is 0 Å². The number of aliphatic hydroxyl groups excluding tert-OH is 1. The fourth-order valence-electron chi connectivity index (χ4n) is 1.66. The quantitative estimate of drug-likeness (QED) is 0.630. The summed E-state index contributed by atoms with van der Waals surface area (Å²) in [5.41, 5.74) is 0.802. The van der Waals surface area contributed by atoms with Crippen molar-refractivity contribution in [3.63, 3.8) is 0 Å². The van der Waals surface area contributed by atoms with Crippen LogP contribution in [-0.4, -0.2) is 45.3 Å². The Kier molecular flexibility index (Phi) is 8.78. The van der Waals surface area contributed by atoms with Gasteiger partial charge in [0.05, 0.1) is 19.8 Å². The molecule has 20 heavy (non-hydrogen) atoms. The smallest absolute Gasteiger partial charge is 0.161 e. The molecule has 0 radical (unpaired) electrons. The molecule has 114 valence electrons. The lowest BCUT2D eigenvalue weighted by atomic mass is 10.2. The zero-order valence-corrected chi connectivity index (χ0v) is 12.3. The summed E-state index contributed by atoms with van der Waals surface area (Å²) in [6.45, 7) is 4.82. The van der Waals surface area contributed by atoms with Crippen molar-refractivity contribution in [3.05, 3.63) is 23.8 Å². The third-order valence-corrected chi connectivity index (χ3v) is 2.61. The van der Waals surface area contributed by atoms with E-state index >= 15 is 0 Å². The summed E-state index contributed by atoms with van der Waals surface area (Å²) < 4.78 is 21.5. The molecule has 1 N–H and O–H groups in total. The predicted molar refractivity (Wildman–Crippen MR) is 76.3 cm³/mol. The van der Waals surface area contributed by atoms with Gasteiger partial charge in [0.1, 0.15) is 6.61 Å². The van der Waals surface area contributed by atoms with Gasteiger partial charge < -0.3 is 24.1 Å². The van der Waals surface area contributed by atoms with Gasteiger partial charge in [0.2, 0.25) is 0 Å². The van der Waals surface area contributed by atoms with E-state index in [1.807, 2.05) is 19.1 Å². The van der Waals surface area contributed by atoms with Crippen molar-refractivity contribution < 1.29 is 24.1 Å². The van der Waals surface area contributed by atoms with Crippen molar-refractivity contribution >= 4 is 0 Å². The zero-order valence-electron chi connectivity index (χ0n) is 12.3. The molecular weight excluding hydrogens is 260 g/mol. The minimum Gasteiger partial charge on any atom is -0.490 e. The van der Waals surface area contributed by atoms with Crippen molar-refractivity contribution in [2.45, 2.75) is 20.0 Å². The molecule has 0 saturated carbocycles. The van der Waals surface area contributed by atoms with Crippen LogP contribution in [0.5, 0.6) is 11.5 Å². The third kappa shape index (κ3) is 6.23. The lowest BCUT2D eigenvalue weighted by Crippen LogP contribution is -2.09. The summed E-state index contributed by atoms with van der Waals surface area (Å²) >= 11 is 0. The zero-order chi connectivity index (χ0) is 14.6. The highest BCUT2D eigenvalue weighted by Gasteiger charge is 2.06. The first-order valence-electron chi connectivity index (χ1n) is 6.87. The van der Waals surface area contributed by atoms with Crippen LogP contribution >= 0.6 is 0 Å². The average molecular weight is 284 g/mol. The molecule has 0 aliphatic rings. The molecule has 0 fully saturated rings. The van der Waals surface area contributed by atoms with Gasteiger partial charge >= 0.3 is 0 Å². The second-order valence-electron chi connectivity index (χ2n) is 4.18. The lowest BCUT2D eigenvalue weighted by molar-refractivity contribution is 0.0797. The number of benzene rings is 1. The first-order valence-corrected chi connectivity index (χ1v) is 6.87. The van der Waals surface area contributed by atoms with Crippen molar-refractivity contribution in [2.24, 2.45) is 0 Å². The highest BCUT2D eigenvalue weighted by atomic mass is 16.5. The maximum atomic E-state index is 9.11. The summed E-state index contributed by atoms with van der Waals surface area (Å²) in [5.74, 6) is 1.32. The number of hydrogen-bond acceptors (Lipinski definition) is 5. The fraction of sp³-hybridized carbons (Fsp3) is 0.600. The molecule has 0 unspecified atom stereocenters. The molecule has 0 spiro atoms. The monoisotopic (exact) mass is 284 g/mol. The Morgan fingerprint density at radius 2 is 1.85 bits per heavy atom. The molecular formula is C15H24O5. The minimum absolute atomic E-state index is 0.0109. The summed E-state index contributed by atoms with van der Waals surface area (Å²) in [6.07, 6.45) is 0.881. The van der Waals surface area contributed by atoms with E-state index in [9.17, 15) is 0 Å². The SMILES string of the molecule is CCOc1cc(CO)ccc1OCCOCCCOC. The third-order valence-electron chi connectivity index (χ3n) is 2.61. The molecule has 0 saturated heterocycles. The Morgan fingerprint density at radius 3 is 2.55 bits per heavy atom. The van der Waals surface area contributed by atoms with Crippen molar-refractivity contribution in [1.29, 1.82) is 0 Å². The number of rotatable bonds is 11. The van der Waals surface area contributed by atoms with Gasteiger partial charge in [-0.2, -0.15) is 0 Å². The number of methoxy groups -OCH3 is 1. The Balaban J connectivity index is 2.35. The standard InChI is InChI=1S/C15H24O5/c1-3-19-15-11-13(12-16)5-6-14(15)20-10-9-18-8-4-7-17-2/h5-6,11,16H,3-4,7-10,12H2,1-2H3. The second-order valence-corrected chi connectivity index (χ2v) is 4.18. The highest BCUT2D eigenvalue weighted by molar-refractivity contribution is 5.42. The van der Waals surface area contributed by atoms with Gasteiger partial charge in [0.15, 0.2) is 11.5 Å². The molecule has 0 bridgehead atoms. The maximum Gasteiger partial charge on any atom is 0.161 e. The van der Waals surface area contributed by atoms with Gasteiger partial charge in [-0.3, -0.25) is 0 Å². The summed E-state index contributed by atoms with van der Waals surface area (Å²) in [5, 5.41) is 9.11. The van der Waals surface area contributed by atoms with E-state index in [0.29, 0.717) is 44.5 Å². The van der Waals surface area contributed by atoms with Crippen molar-refractivity contribution in [3.8, 4) is 11.5 Å². The maximum absolute atomic E-state index is 9.11. The number of hydrogen-bond donors (Lipinski definition) is 1. The van der Waals surface area contributed by atoms with Crippen molar-refractivity contribution in [1.82, 2.24) is 0 Å². The van der Waals surface area contributed by atoms with Gasteiger partial charge in [-0.15, -0.1) is 0 Å². The van der Waals surface area contributed by atoms with Crippen LogP contribution in [0.2, 0.25) is 0 Å². The molecule has 0 aliphatic heterocycles. The normalized spacial score (nSPS) is 10.6. The minimum atomic E-state index is -0.0109. The van der Waals surface area contributed by atoms with Crippen LogP contribution in [0.25, 0.3) is 0 Å². The summed E-state index contributed by atoms with van der Waals surface area (Å²) in [4.78, 5) is 0. The highest BCUT2D eigenvalue weighted by Crippen LogP contribution is 2.28. The predicted octanol–water partition coefficient (Wildman–Crippen LogP) is 2.01. The van der Waals surface area contributed by atoms with E-state index in [1.165, 1.54) is 0 Å². The van der Waals surface area contributed by atoms with Gasteiger partial charge in [0, 0.05) is 20.3 Å². The molecule has 0 aliphatic carbocycles. The summed E-state index contributed by atoms with van der Waals surface area (Å²) in [7, 11) is 1.68. The van der Waals surface area contributed by atoms with Crippen LogP contribution in [-0.2, 0) is 16.1 Å². The molecule has 0 aromatic heterocycles. The molecule has 5 heteroatoms. The first kappa shape index (κ1) is 16.8. The van der Waals surface area contributed by atoms with E-state index < -0.39 is 0 Å². The Labute approximate surface area is 120 Å². The van der Waals surface area contributed by atoms with E-state index in [1.54, 1.807) is 13.2 Å². The molecule has 0 amide bonds. The summed E-state index contributed by atoms with van der Waals surface area (Å²) in [6, 6.07) is 5.41. The Hall–Kier alpha value is -1.30. The van der Waals surface area contributed by atoms with Gasteiger partial charge in [0.25, 0.3) is 0 Å². The van der Waals surface area contributed by atoms with E-state index in [0.717, 1.165) is 12.0 Å². The molecule has 1 rings (SSSR count). The van der Waals surface area contributed by atoms with Gasteiger partial charge in [-0.1, -0.05) is 6.07 Å². The van der Waals surface area contributed by atoms with Gasteiger partial charge in [-0.25, -0.2) is 0 Å². The topological polar surface area (TPSA) is 57.2 Å². The van der Waals surface area contributed by atoms with E-state index in [4.69, 9.17) is 24.1 Å². The van der Waals surface area contributed by atoms with Crippen molar-refractivity contribution in [2.75, 3.05) is 40.1 Å². The molecule has 5 nitrogen and oxygen atoms in total. The van der Waals surface area contributed by atoms with Crippen LogP contribution in [0.3, 0.4) is 0 Å². The first-order chi connectivity index (χ1) is 9.81. The average Bonchev–Trinajstić information content (AvgIpc) is 2.47. The molecule has 1 aromatic carbocycles. The van der Waals surface area contributed by atoms with Crippen LogP contribution in [0.1, 0.15) is 18.9 Å². The number of aliphatic hydroxyl groups is 1. The second kappa shape index (κ2) is 10.5.